The predicted molar refractivity (Wildman–Crippen MR) is 60.7 cm³/mol. The highest BCUT2D eigenvalue weighted by atomic mass is 32.1. The van der Waals surface area contributed by atoms with Crippen LogP contribution >= 0.6 is 11.3 Å². The van der Waals surface area contributed by atoms with Crippen LogP contribution < -0.4 is 4.90 Å². The normalized spacial score (nSPS) is 18.4. The molecule has 1 fully saturated rings. The number of anilines is 1. The summed E-state index contributed by atoms with van der Waals surface area (Å²) in [5, 5.41) is 1.82. The lowest BCUT2D eigenvalue weighted by Gasteiger charge is -2.33. The first kappa shape index (κ1) is 12.4. The Morgan fingerprint density at radius 1 is 1.35 bits per heavy atom. The highest BCUT2D eigenvalue weighted by molar-refractivity contribution is 7.12. The van der Waals surface area contributed by atoms with Gasteiger partial charge in [-0.05, 0) is 18.9 Å². The van der Waals surface area contributed by atoms with Gasteiger partial charge in [0.05, 0.1) is 10.8 Å². The minimum absolute atomic E-state index is 0.135. The molecular weight excluding hydrogens is 251 g/mol. The number of hydrogen-bond donors (Lipinski definition) is 0. The van der Waals surface area contributed by atoms with Crippen LogP contribution in [0.15, 0.2) is 11.4 Å². The van der Waals surface area contributed by atoms with E-state index in [-0.39, 0.29) is 12.8 Å². The Hall–Kier alpha value is -1.04. The maximum Gasteiger partial charge on any atom is 0.391 e. The molecule has 0 aromatic carbocycles. The van der Waals surface area contributed by atoms with Gasteiger partial charge < -0.3 is 4.90 Å². The standard InChI is InChI=1S/C11H12F3NOS/c12-11(13,14)8-1-3-15(4-2-8)9-5-10(6-16)17-7-9/h5-8H,1-4H2. The summed E-state index contributed by atoms with van der Waals surface area (Å²) >= 11 is 1.32. The number of rotatable bonds is 2. The van der Waals surface area contributed by atoms with E-state index >= 15 is 0 Å². The van der Waals surface area contributed by atoms with E-state index in [0.29, 0.717) is 18.0 Å². The summed E-state index contributed by atoms with van der Waals surface area (Å²) in [5.41, 5.74) is 0.859. The second-order valence-electron chi connectivity index (χ2n) is 4.13. The SMILES string of the molecule is O=Cc1cc(N2CCC(C(F)(F)F)CC2)cs1. The fourth-order valence-corrected chi connectivity index (χ4v) is 2.75. The van der Waals surface area contributed by atoms with Crippen molar-refractivity contribution in [1.29, 1.82) is 0 Å². The average Bonchev–Trinajstić information content (AvgIpc) is 2.76. The largest absolute Gasteiger partial charge is 0.391 e. The van der Waals surface area contributed by atoms with E-state index < -0.39 is 12.1 Å². The molecule has 2 heterocycles. The van der Waals surface area contributed by atoms with Crippen molar-refractivity contribution in [3.05, 3.63) is 16.3 Å². The highest BCUT2D eigenvalue weighted by Gasteiger charge is 2.41. The fraction of sp³-hybridized carbons (Fsp3) is 0.545. The van der Waals surface area contributed by atoms with E-state index in [4.69, 9.17) is 0 Å². The molecule has 1 aromatic heterocycles. The average molecular weight is 263 g/mol. The first-order valence-electron chi connectivity index (χ1n) is 5.36. The van der Waals surface area contributed by atoms with Gasteiger partial charge in [-0.25, -0.2) is 0 Å². The Balaban J connectivity index is 1.97. The third kappa shape index (κ3) is 2.80. The summed E-state index contributed by atoms with van der Waals surface area (Å²) in [6, 6.07) is 1.73. The van der Waals surface area contributed by atoms with Gasteiger partial charge in [0.2, 0.25) is 0 Å². The topological polar surface area (TPSA) is 20.3 Å². The molecule has 0 N–H and O–H groups in total. The van der Waals surface area contributed by atoms with Crippen LogP contribution in [0.1, 0.15) is 22.5 Å². The number of carbonyl (C=O) groups excluding carboxylic acids is 1. The van der Waals surface area contributed by atoms with E-state index in [1.165, 1.54) is 11.3 Å². The number of thiophene rings is 1. The number of aldehydes is 1. The van der Waals surface area contributed by atoms with Crippen molar-refractivity contribution < 1.29 is 18.0 Å². The van der Waals surface area contributed by atoms with Gasteiger partial charge in [0.15, 0.2) is 6.29 Å². The number of nitrogens with zero attached hydrogens (tertiary/aromatic N) is 1. The zero-order chi connectivity index (χ0) is 12.5. The maximum absolute atomic E-state index is 12.5. The Bertz CT molecular complexity index is 394. The molecule has 0 saturated carbocycles. The van der Waals surface area contributed by atoms with Crippen LogP contribution in [0.5, 0.6) is 0 Å². The molecule has 1 aliphatic heterocycles. The van der Waals surface area contributed by atoms with Crippen LogP contribution in [0.3, 0.4) is 0 Å². The van der Waals surface area contributed by atoms with Crippen molar-refractivity contribution in [2.24, 2.45) is 5.92 Å². The number of halogens is 3. The minimum atomic E-state index is -4.07. The number of carbonyl (C=O) groups is 1. The molecule has 0 aliphatic carbocycles. The van der Waals surface area contributed by atoms with Crippen molar-refractivity contribution in [3.63, 3.8) is 0 Å². The van der Waals surface area contributed by atoms with E-state index in [9.17, 15) is 18.0 Å². The fourth-order valence-electron chi connectivity index (χ4n) is 2.03. The maximum atomic E-state index is 12.5. The van der Waals surface area contributed by atoms with E-state index in [0.717, 1.165) is 12.0 Å². The summed E-state index contributed by atoms with van der Waals surface area (Å²) in [6.45, 7) is 0.804. The molecule has 1 saturated heterocycles. The number of hydrogen-bond acceptors (Lipinski definition) is 3. The van der Waals surface area contributed by atoms with Gasteiger partial charge in [-0.3, -0.25) is 4.79 Å². The zero-order valence-corrected chi connectivity index (χ0v) is 9.85. The first-order chi connectivity index (χ1) is 8.00. The summed E-state index contributed by atoms with van der Waals surface area (Å²) in [6.07, 6.45) is -3.04. The molecule has 0 spiro atoms. The molecule has 0 bridgehead atoms. The molecule has 6 heteroatoms. The molecule has 2 rings (SSSR count). The van der Waals surface area contributed by atoms with Crippen molar-refractivity contribution in [2.45, 2.75) is 19.0 Å². The molecule has 0 amide bonds. The van der Waals surface area contributed by atoms with Crippen LogP contribution in [0.4, 0.5) is 18.9 Å². The monoisotopic (exact) mass is 263 g/mol. The summed E-state index contributed by atoms with van der Waals surface area (Å²) < 4.78 is 37.4. The summed E-state index contributed by atoms with van der Waals surface area (Å²) in [4.78, 5) is 13.0. The lowest BCUT2D eigenvalue weighted by Crippen LogP contribution is -2.38. The van der Waals surface area contributed by atoms with Crippen molar-refractivity contribution in [2.75, 3.05) is 18.0 Å². The quantitative estimate of drug-likeness (QED) is 0.763. The van der Waals surface area contributed by atoms with E-state index in [2.05, 4.69) is 0 Å². The summed E-state index contributed by atoms with van der Waals surface area (Å²) in [5.74, 6) is -1.18. The Morgan fingerprint density at radius 3 is 2.47 bits per heavy atom. The van der Waals surface area contributed by atoms with Gasteiger partial charge >= 0.3 is 6.18 Å². The van der Waals surface area contributed by atoms with Gasteiger partial charge in [0, 0.05) is 24.2 Å². The zero-order valence-electron chi connectivity index (χ0n) is 9.04. The van der Waals surface area contributed by atoms with Crippen molar-refractivity contribution in [1.82, 2.24) is 0 Å². The van der Waals surface area contributed by atoms with Gasteiger partial charge in [0.25, 0.3) is 0 Å². The number of piperidine rings is 1. The Morgan fingerprint density at radius 2 is 2.00 bits per heavy atom. The van der Waals surface area contributed by atoms with Crippen LogP contribution in [-0.2, 0) is 0 Å². The minimum Gasteiger partial charge on any atom is -0.371 e. The van der Waals surface area contributed by atoms with Gasteiger partial charge in [0.1, 0.15) is 0 Å². The Labute approximate surface area is 101 Å². The van der Waals surface area contributed by atoms with Crippen molar-refractivity contribution >= 4 is 23.3 Å². The lowest BCUT2D eigenvalue weighted by atomic mass is 9.96. The number of alkyl halides is 3. The molecule has 94 valence electrons. The molecule has 17 heavy (non-hydrogen) atoms. The molecular formula is C11H12F3NOS. The second kappa shape index (κ2) is 4.68. The van der Waals surface area contributed by atoms with Crippen molar-refractivity contribution in [3.8, 4) is 0 Å². The molecule has 2 nitrogen and oxygen atoms in total. The molecule has 0 unspecified atom stereocenters. The second-order valence-corrected chi connectivity index (χ2v) is 5.07. The van der Waals surface area contributed by atoms with Gasteiger partial charge in [-0.2, -0.15) is 13.2 Å². The Kier molecular flexibility index (Phi) is 3.42. The summed E-state index contributed by atoms with van der Waals surface area (Å²) in [7, 11) is 0. The van der Waals surface area contributed by atoms with Gasteiger partial charge in [-0.1, -0.05) is 0 Å². The molecule has 1 aromatic rings. The van der Waals surface area contributed by atoms with Crippen LogP contribution in [-0.4, -0.2) is 25.6 Å². The third-order valence-electron chi connectivity index (χ3n) is 3.05. The first-order valence-corrected chi connectivity index (χ1v) is 6.24. The van der Waals surface area contributed by atoms with E-state index in [1.54, 1.807) is 6.07 Å². The third-order valence-corrected chi connectivity index (χ3v) is 3.89. The van der Waals surface area contributed by atoms with E-state index in [1.807, 2.05) is 10.3 Å². The highest BCUT2D eigenvalue weighted by Crippen LogP contribution is 2.36. The molecule has 1 aliphatic rings. The van der Waals surface area contributed by atoms with Crippen LogP contribution in [0.2, 0.25) is 0 Å². The van der Waals surface area contributed by atoms with Crippen LogP contribution in [0.25, 0.3) is 0 Å². The molecule has 0 atom stereocenters. The predicted octanol–water partition coefficient (Wildman–Crippen LogP) is 3.34. The molecule has 0 radical (unpaired) electrons. The van der Waals surface area contributed by atoms with Gasteiger partial charge in [-0.15, -0.1) is 11.3 Å². The van der Waals surface area contributed by atoms with Crippen LogP contribution in [0, 0.1) is 5.92 Å². The smallest absolute Gasteiger partial charge is 0.371 e. The lowest BCUT2D eigenvalue weighted by molar-refractivity contribution is -0.179.